The van der Waals surface area contributed by atoms with Gasteiger partial charge in [0, 0.05) is 11.4 Å². The Morgan fingerprint density at radius 1 is 1.33 bits per heavy atom. The van der Waals surface area contributed by atoms with E-state index >= 15 is 0 Å². The highest BCUT2D eigenvalue weighted by molar-refractivity contribution is 7.85. The van der Waals surface area contributed by atoms with Gasteiger partial charge in [-0.05, 0) is 18.1 Å². The third-order valence-electron chi connectivity index (χ3n) is 1.73. The summed E-state index contributed by atoms with van der Waals surface area (Å²) in [5.41, 5.74) is 5.25. The average molecular weight is 233 g/mol. The van der Waals surface area contributed by atoms with Crippen LogP contribution in [0.1, 0.15) is 13.8 Å². The summed E-state index contributed by atoms with van der Waals surface area (Å²) in [5, 5.41) is 0. The van der Waals surface area contributed by atoms with Crippen LogP contribution in [0.5, 0.6) is 0 Å². The Morgan fingerprint density at radius 2 is 1.80 bits per heavy atom. The van der Waals surface area contributed by atoms with Crippen molar-refractivity contribution < 1.29 is 13.0 Å². The van der Waals surface area contributed by atoms with Crippen molar-refractivity contribution in [3.63, 3.8) is 0 Å². The van der Waals surface area contributed by atoms with E-state index in [1.165, 1.54) is 0 Å². The van der Waals surface area contributed by atoms with E-state index in [1.54, 1.807) is 0 Å². The van der Waals surface area contributed by atoms with Gasteiger partial charge in [-0.3, -0.25) is 4.21 Å². The predicted octanol–water partition coefficient (Wildman–Crippen LogP) is 2.31. The fraction of sp³-hybridized carbons (Fsp3) is 0.400. The standard InChI is InChI=1S/C10H13F2NOS/c1-6(2)5-15(14)10-8(11)3-7(13)4-9(10)12/h3-4,6H,5,13H2,1-2H3. The van der Waals surface area contributed by atoms with Gasteiger partial charge in [-0.2, -0.15) is 0 Å². The van der Waals surface area contributed by atoms with Crippen molar-refractivity contribution in [2.24, 2.45) is 5.92 Å². The van der Waals surface area contributed by atoms with Crippen LogP contribution in [0.25, 0.3) is 0 Å². The maximum atomic E-state index is 13.3. The molecule has 0 amide bonds. The van der Waals surface area contributed by atoms with Crippen LogP contribution in [-0.2, 0) is 10.8 Å². The molecule has 0 aliphatic carbocycles. The Hall–Kier alpha value is -0.970. The smallest absolute Gasteiger partial charge is 0.144 e. The van der Waals surface area contributed by atoms with Gasteiger partial charge in [0.15, 0.2) is 0 Å². The van der Waals surface area contributed by atoms with E-state index in [4.69, 9.17) is 5.73 Å². The highest BCUT2D eigenvalue weighted by atomic mass is 32.2. The molecule has 0 fully saturated rings. The first-order valence-corrected chi connectivity index (χ1v) is 5.86. The molecule has 2 nitrogen and oxygen atoms in total. The molecule has 1 unspecified atom stereocenters. The van der Waals surface area contributed by atoms with Crippen molar-refractivity contribution in [1.82, 2.24) is 0 Å². The average Bonchev–Trinajstić information content (AvgIpc) is 1.99. The summed E-state index contributed by atoms with van der Waals surface area (Å²) in [6, 6.07) is 1.97. The molecule has 0 saturated carbocycles. The Kier molecular flexibility index (Phi) is 3.79. The van der Waals surface area contributed by atoms with Gasteiger partial charge in [0.25, 0.3) is 0 Å². The minimum Gasteiger partial charge on any atom is -0.399 e. The second kappa shape index (κ2) is 4.70. The molecule has 1 aromatic rings. The van der Waals surface area contributed by atoms with Crippen LogP contribution in [0.4, 0.5) is 14.5 Å². The Bertz CT molecular complexity index is 370. The highest BCUT2D eigenvalue weighted by Gasteiger charge is 2.17. The van der Waals surface area contributed by atoms with Gasteiger partial charge in [-0.1, -0.05) is 13.8 Å². The molecule has 0 heterocycles. The monoisotopic (exact) mass is 233 g/mol. The Balaban J connectivity index is 3.09. The number of rotatable bonds is 3. The topological polar surface area (TPSA) is 43.1 Å². The Labute approximate surface area is 89.9 Å². The highest BCUT2D eigenvalue weighted by Crippen LogP contribution is 2.21. The number of anilines is 1. The summed E-state index contributed by atoms with van der Waals surface area (Å²) >= 11 is 0. The molecular formula is C10H13F2NOS. The maximum Gasteiger partial charge on any atom is 0.144 e. The third-order valence-corrected chi connectivity index (χ3v) is 3.55. The molecule has 0 aromatic heterocycles. The number of nitrogen functional groups attached to an aromatic ring is 1. The maximum absolute atomic E-state index is 13.3. The quantitative estimate of drug-likeness (QED) is 0.814. The normalized spacial score (nSPS) is 13.1. The number of halogens is 2. The van der Waals surface area contributed by atoms with Crippen LogP contribution in [0.3, 0.4) is 0 Å². The van der Waals surface area contributed by atoms with Gasteiger partial charge in [0.2, 0.25) is 0 Å². The van der Waals surface area contributed by atoms with Crippen molar-refractivity contribution in [2.75, 3.05) is 11.5 Å². The summed E-state index contributed by atoms with van der Waals surface area (Å²) in [7, 11) is -1.65. The minimum absolute atomic E-state index is 0.00435. The van der Waals surface area contributed by atoms with Gasteiger partial charge in [0.05, 0.1) is 10.8 Å². The second-order valence-electron chi connectivity index (χ2n) is 3.72. The molecule has 1 rings (SSSR count). The van der Waals surface area contributed by atoms with Crippen molar-refractivity contribution in [1.29, 1.82) is 0 Å². The van der Waals surface area contributed by atoms with Crippen LogP contribution in [0.15, 0.2) is 17.0 Å². The SMILES string of the molecule is CC(C)CS(=O)c1c(F)cc(N)cc1F. The van der Waals surface area contributed by atoms with Crippen LogP contribution < -0.4 is 5.73 Å². The lowest BCUT2D eigenvalue weighted by Gasteiger charge is -2.07. The van der Waals surface area contributed by atoms with E-state index in [0.29, 0.717) is 0 Å². The summed E-state index contributed by atoms with van der Waals surface area (Å²) in [4.78, 5) is -0.377. The minimum atomic E-state index is -1.65. The van der Waals surface area contributed by atoms with E-state index in [9.17, 15) is 13.0 Å². The van der Waals surface area contributed by atoms with Gasteiger partial charge < -0.3 is 5.73 Å². The number of nitrogens with two attached hydrogens (primary N) is 1. The summed E-state index contributed by atoms with van der Waals surface area (Å²) in [5.74, 6) is -1.34. The fourth-order valence-electron chi connectivity index (χ4n) is 1.18. The van der Waals surface area contributed by atoms with Gasteiger partial charge in [-0.25, -0.2) is 8.78 Å². The number of hydrogen-bond donors (Lipinski definition) is 1. The van der Waals surface area contributed by atoms with Gasteiger partial charge in [0.1, 0.15) is 16.5 Å². The molecule has 0 saturated heterocycles. The lowest BCUT2D eigenvalue weighted by Crippen LogP contribution is -2.09. The Morgan fingerprint density at radius 3 is 2.20 bits per heavy atom. The molecule has 0 radical (unpaired) electrons. The first-order chi connectivity index (χ1) is 6.91. The van der Waals surface area contributed by atoms with Crippen LogP contribution in [0.2, 0.25) is 0 Å². The zero-order valence-electron chi connectivity index (χ0n) is 8.59. The van der Waals surface area contributed by atoms with E-state index in [-0.39, 0.29) is 22.3 Å². The largest absolute Gasteiger partial charge is 0.399 e. The lowest BCUT2D eigenvalue weighted by atomic mass is 10.3. The van der Waals surface area contributed by atoms with Crippen LogP contribution >= 0.6 is 0 Å². The molecule has 5 heteroatoms. The molecule has 1 aromatic carbocycles. The molecule has 0 spiro atoms. The molecule has 0 bridgehead atoms. The van der Waals surface area contributed by atoms with E-state index < -0.39 is 22.4 Å². The zero-order valence-corrected chi connectivity index (χ0v) is 9.41. The first kappa shape index (κ1) is 12.1. The number of hydrogen-bond acceptors (Lipinski definition) is 2. The van der Waals surface area contributed by atoms with E-state index in [2.05, 4.69) is 0 Å². The van der Waals surface area contributed by atoms with Crippen molar-refractivity contribution in [3.05, 3.63) is 23.8 Å². The fourth-order valence-corrected chi connectivity index (χ4v) is 2.51. The third kappa shape index (κ3) is 2.99. The zero-order chi connectivity index (χ0) is 11.6. The molecule has 15 heavy (non-hydrogen) atoms. The summed E-state index contributed by atoms with van der Waals surface area (Å²) < 4.78 is 38.2. The van der Waals surface area contributed by atoms with Gasteiger partial charge >= 0.3 is 0 Å². The van der Waals surface area contributed by atoms with Crippen molar-refractivity contribution in [2.45, 2.75) is 18.7 Å². The van der Waals surface area contributed by atoms with E-state index in [1.807, 2.05) is 13.8 Å². The van der Waals surface area contributed by atoms with Gasteiger partial charge in [-0.15, -0.1) is 0 Å². The summed E-state index contributed by atoms with van der Waals surface area (Å²) in [6.45, 7) is 3.68. The van der Waals surface area contributed by atoms with Crippen molar-refractivity contribution >= 4 is 16.5 Å². The molecule has 0 aliphatic rings. The van der Waals surface area contributed by atoms with Crippen molar-refractivity contribution in [3.8, 4) is 0 Å². The lowest BCUT2D eigenvalue weighted by molar-refractivity contribution is 0.534. The number of benzene rings is 1. The predicted molar refractivity (Wildman–Crippen MR) is 56.9 cm³/mol. The first-order valence-electron chi connectivity index (χ1n) is 4.54. The molecular weight excluding hydrogens is 220 g/mol. The molecule has 84 valence electrons. The summed E-state index contributed by atoms with van der Waals surface area (Å²) in [6.07, 6.45) is 0. The van der Waals surface area contributed by atoms with Crippen LogP contribution in [0, 0.1) is 17.6 Å². The molecule has 0 aliphatic heterocycles. The van der Waals surface area contributed by atoms with E-state index in [0.717, 1.165) is 12.1 Å². The second-order valence-corrected chi connectivity index (χ2v) is 5.15. The molecule has 1 atom stereocenters. The van der Waals surface area contributed by atoms with Crippen LogP contribution in [-0.4, -0.2) is 9.96 Å². The molecule has 2 N–H and O–H groups in total.